The normalized spacial score (nSPS) is 17.1. The Morgan fingerprint density at radius 3 is 2.74 bits per heavy atom. The van der Waals surface area contributed by atoms with Gasteiger partial charge in [0.15, 0.2) is 0 Å². The Balaban J connectivity index is 1.59. The molecule has 2 heterocycles. The van der Waals surface area contributed by atoms with Crippen LogP contribution in [0.1, 0.15) is 39.3 Å². The molecule has 1 N–H and O–H groups in total. The van der Waals surface area contributed by atoms with Crippen LogP contribution in [0.2, 0.25) is 0 Å². The molecule has 31 heavy (non-hydrogen) atoms. The number of aromatic nitrogens is 2. The highest BCUT2D eigenvalue weighted by Gasteiger charge is 2.39. The zero-order chi connectivity index (χ0) is 22.2. The van der Waals surface area contributed by atoms with Crippen LogP contribution < -0.4 is 5.32 Å². The van der Waals surface area contributed by atoms with Gasteiger partial charge < -0.3 is 5.32 Å². The van der Waals surface area contributed by atoms with Gasteiger partial charge in [-0.25, -0.2) is 17.2 Å². The van der Waals surface area contributed by atoms with E-state index in [-0.39, 0.29) is 22.1 Å². The molecule has 11 heteroatoms. The number of aryl methyl sites for hydroxylation is 1. The van der Waals surface area contributed by atoms with E-state index < -0.39 is 33.6 Å². The number of rotatable bonds is 5. The number of halogens is 2. The number of benzene rings is 2. The fourth-order valence-corrected chi connectivity index (χ4v) is 6.30. The van der Waals surface area contributed by atoms with E-state index in [2.05, 4.69) is 15.5 Å². The van der Waals surface area contributed by atoms with E-state index in [9.17, 15) is 22.0 Å². The first-order chi connectivity index (χ1) is 14.8. The van der Waals surface area contributed by atoms with Crippen LogP contribution in [0.4, 0.5) is 14.5 Å². The third-order valence-electron chi connectivity index (χ3n) is 4.98. The zero-order valence-corrected chi connectivity index (χ0v) is 18.0. The van der Waals surface area contributed by atoms with Crippen LogP contribution >= 0.6 is 11.3 Å². The summed E-state index contributed by atoms with van der Waals surface area (Å²) in [5.41, 5.74) is 0.449. The smallest absolute Gasteiger partial charge is 0.286 e. The minimum absolute atomic E-state index is 0.00978. The molecule has 1 atom stereocenters. The first-order valence-electron chi connectivity index (χ1n) is 9.44. The summed E-state index contributed by atoms with van der Waals surface area (Å²) in [5, 5.41) is 10.7. The van der Waals surface area contributed by atoms with Gasteiger partial charge in [-0.2, -0.15) is 4.31 Å². The number of carbonyl (C=O) groups is 1. The molecular formula is C20H18F2N4O3S2. The second-order valence-corrected chi connectivity index (χ2v) is 9.93. The Morgan fingerprint density at radius 1 is 1.19 bits per heavy atom. The van der Waals surface area contributed by atoms with Crippen molar-refractivity contribution in [2.45, 2.75) is 30.7 Å². The van der Waals surface area contributed by atoms with Crippen molar-refractivity contribution in [3.63, 3.8) is 0 Å². The van der Waals surface area contributed by atoms with E-state index in [1.807, 2.05) is 0 Å². The molecule has 3 aromatic rings. The largest absolute Gasteiger partial charge is 0.317 e. The molecule has 1 aromatic heterocycles. The molecule has 0 aliphatic carbocycles. The highest BCUT2D eigenvalue weighted by atomic mass is 32.2. The molecule has 7 nitrogen and oxygen atoms in total. The first-order valence-corrected chi connectivity index (χ1v) is 11.7. The van der Waals surface area contributed by atoms with Gasteiger partial charge in [0.25, 0.3) is 5.91 Å². The maximum Gasteiger partial charge on any atom is 0.286 e. The average molecular weight is 465 g/mol. The van der Waals surface area contributed by atoms with Crippen molar-refractivity contribution in [1.29, 1.82) is 0 Å². The summed E-state index contributed by atoms with van der Waals surface area (Å²) >= 11 is 0.949. The molecule has 0 unspecified atom stereocenters. The number of nitrogens with one attached hydrogen (secondary N) is 1. The minimum atomic E-state index is -3.97. The Bertz CT molecular complexity index is 1250. The lowest BCUT2D eigenvalue weighted by molar-refractivity contribution is 0.102. The highest BCUT2D eigenvalue weighted by molar-refractivity contribution is 7.89. The minimum Gasteiger partial charge on any atom is -0.317 e. The third kappa shape index (κ3) is 4.21. The van der Waals surface area contributed by atoms with Crippen LogP contribution in [-0.2, 0) is 10.0 Å². The second kappa shape index (κ2) is 8.40. The van der Waals surface area contributed by atoms with Crippen molar-refractivity contribution in [3.05, 3.63) is 69.7 Å². The van der Waals surface area contributed by atoms with E-state index in [0.29, 0.717) is 23.4 Å². The zero-order valence-electron chi connectivity index (χ0n) is 16.4. The van der Waals surface area contributed by atoms with Gasteiger partial charge in [0.05, 0.1) is 16.6 Å². The lowest BCUT2D eigenvalue weighted by Gasteiger charge is -2.23. The molecule has 162 valence electrons. The number of hydrogen-bond donors (Lipinski definition) is 1. The molecule has 1 amide bonds. The quantitative estimate of drug-likeness (QED) is 0.618. The number of para-hydroxylation sites is 1. The predicted molar refractivity (Wildman–Crippen MR) is 111 cm³/mol. The summed E-state index contributed by atoms with van der Waals surface area (Å²) in [5.74, 6) is -1.86. The topological polar surface area (TPSA) is 92.3 Å². The van der Waals surface area contributed by atoms with Crippen LogP contribution in [0.25, 0.3) is 0 Å². The summed E-state index contributed by atoms with van der Waals surface area (Å²) in [6, 6.07) is 8.75. The lowest BCUT2D eigenvalue weighted by atomic mass is 10.2. The number of nitrogens with zero attached hydrogens (tertiary/aromatic N) is 3. The van der Waals surface area contributed by atoms with Gasteiger partial charge in [-0.3, -0.25) is 4.79 Å². The van der Waals surface area contributed by atoms with Gasteiger partial charge in [-0.05, 0) is 49.6 Å². The van der Waals surface area contributed by atoms with E-state index in [1.54, 1.807) is 13.0 Å². The number of hydrogen-bond acceptors (Lipinski definition) is 6. The number of sulfonamides is 1. The molecule has 0 radical (unpaired) electrons. The lowest BCUT2D eigenvalue weighted by Crippen LogP contribution is -2.31. The molecule has 1 aliphatic heterocycles. The van der Waals surface area contributed by atoms with Crippen LogP contribution in [0.5, 0.6) is 0 Å². The van der Waals surface area contributed by atoms with Crippen LogP contribution in [0.3, 0.4) is 0 Å². The predicted octanol–water partition coefficient (Wildman–Crippen LogP) is 3.90. The monoisotopic (exact) mass is 464 g/mol. The van der Waals surface area contributed by atoms with Crippen LogP contribution in [0.15, 0.2) is 47.4 Å². The van der Waals surface area contributed by atoms with Crippen molar-refractivity contribution in [2.24, 2.45) is 0 Å². The maximum atomic E-state index is 13.8. The van der Waals surface area contributed by atoms with Crippen molar-refractivity contribution < 1.29 is 22.0 Å². The van der Waals surface area contributed by atoms with E-state index >= 15 is 0 Å². The Kier molecular flexibility index (Phi) is 5.82. The summed E-state index contributed by atoms with van der Waals surface area (Å²) < 4.78 is 55.2. The Labute approximate surface area is 181 Å². The summed E-state index contributed by atoms with van der Waals surface area (Å²) in [6.45, 7) is 1.85. The summed E-state index contributed by atoms with van der Waals surface area (Å²) in [6.07, 6.45) is 1.09. The molecule has 4 rings (SSSR count). The van der Waals surface area contributed by atoms with Crippen LogP contribution in [-0.4, -0.2) is 35.4 Å². The van der Waals surface area contributed by atoms with Gasteiger partial charge in [0.1, 0.15) is 16.6 Å². The van der Waals surface area contributed by atoms with E-state index in [1.165, 1.54) is 34.6 Å². The number of anilines is 1. The van der Waals surface area contributed by atoms with Crippen molar-refractivity contribution in [1.82, 2.24) is 14.5 Å². The molecule has 0 spiro atoms. The molecule has 1 fully saturated rings. The van der Waals surface area contributed by atoms with Gasteiger partial charge in [0, 0.05) is 6.54 Å². The molecule has 1 aliphatic rings. The van der Waals surface area contributed by atoms with Crippen LogP contribution in [0, 0.1) is 18.6 Å². The van der Waals surface area contributed by atoms with Gasteiger partial charge >= 0.3 is 0 Å². The standard InChI is InChI=1S/C20H18F2N4O3S2/c1-12-8-9-13(21)11-17(12)31(28,29)26-10-4-7-16(26)19-24-25-20(30-19)18(27)23-15-6-3-2-5-14(15)22/h2-3,5-6,8-9,11,16H,4,7,10H2,1H3,(H,23,27)/t16-/m1/s1. The highest BCUT2D eigenvalue weighted by Crippen LogP contribution is 2.38. The van der Waals surface area contributed by atoms with Crippen molar-refractivity contribution >= 4 is 33.0 Å². The fourth-order valence-electron chi connectivity index (χ4n) is 3.45. The summed E-state index contributed by atoms with van der Waals surface area (Å²) in [7, 11) is -3.97. The second-order valence-electron chi connectivity index (χ2n) is 7.06. The third-order valence-corrected chi connectivity index (χ3v) is 8.06. The molecule has 1 saturated heterocycles. The Morgan fingerprint density at radius 2 is 1.97 bits per heavy atom. The molecule has 2 aromatic carbocycles. The SMILES string of the molecule is Cc1ccc(F)cc1S(=O)(=O)N1CCC[C@@H]1c1nnc(C(=O)Nc2ccccc2F)s1. The van der Waals surface area contributed by atoms with Crippen molar-refractivity contribution in [2.75, 3.05) is 11.9 Å². The van der Waals surface area contributed by atoms with Gasteiger partial charge in [-0.15, -0.1) is 10.2 Å². The summed E-state index contributed by atoms with van der Waals surface area (Å²) in [4.78, 5) is 12.3. The number of amides is 1. The van der Waals surface area contributed by atoms with E-state index in [0.717, 1.165) is 17.4 Å². The average Bonchev–Trinajstić information content (AvgIpc) is 3.41. The maximum absolute atomic E-state index is 13.8. The molecule has 0 bridgehead atoms. The van der Waals surface area contributed by atoms with Gasteiger partial charge in [0.2, 0.25) is 15.0 Å². The van der Waals surface area contributed by atoms with Gasteiger partial charge in [-0.1, -0.05) is 29.5 Å². The van der Waals surface area contributed by atoms with E-state index in [4.69, 9.17) is 0 Å². The number of carbonyl (C=O) groups excluding carboxylic acids is 1. The Hall–Kier alpha value is -2.76. The molecule has 0 saturated carbocycles. The van der Waals surface area contributed by atoms with Crippen molar-refractivity contribution in [3.8, 4) is 0 Å². The fraction of sp³-hybridized carbons (Fsp3) is 0.250. The first kappa shape index (κ1) is 21.5. The molecular weight excluding hydrogens is 446 g/mol.